The van der Waals surface area contributed by atoms with Crippen LogP contribution in [0.15, 0.2) is 70.6 Å². The number of sulfone groups is 1. The lowest BCUT2D eigenvalue weighted by Gasteiger charge is -2.32. The van der Waals surface area contributed by atoms with Gasteiger partial charge in [0.15, 0.2) is 0 Å². The van der Waals surface area contributed by atoms with Crippen molar-refractivity contribution in [3.05, 3.63) is 60.8 Å². The van der Waals surface area contributed by atoms with E-state index in [9.17, 15) is 13.2 Å². The van der Waals surface area contributed by atoms with Gasteiger partial charge in [-0.1, -0.05) is 32.0 Å². The number of aromatic nitrogens is 1. The summed E-state index contributed by atoms with van der Waals surface area (Å²) in [6, 6.07) is 16.0. The van der Waals surface area contributed by atoms with Gasteiger partial charge in [-0.25, -0.2) is 13.2 Å². The molecule has 1 amide bonds. The van der Waals surface area contributed by atoms with Crippen molar-refractivity contribution >= 4 is 26.8 Å². The molecule has 0 bridgehead atoms. The molecule has 0 radical (unpaired) electrons. The molecule has 2 aromatic carbocycles. The van der Waals surface area contributed by atoms with E-state index in [4.69, 9.17) is 4.74 Å². The van der Waals surface area contributed by atoms with Crippen LogP contribution in [0.2, 0.25) is 0 Å². The summed E-state index contributed by atoms with van der Waals surface area (Å²) in [4.78, 5) is 14.6. The third-order valence-electron chi connectivity index (χ3n) is 5.71. The summed E-state index contributed by atoms with van der Waals surface area (Å²) in [6.45, 7) is 5.79. The van der Waals surface area contributed by atoms with Gasteiger partial charge in [0.25, 0.3) is 0 Å². The largest absolute Gasteiger partial charge is 0.449 e. The van der Waals surface area contributed by atoms with Gasteiger partial charge in [0, 0.05) is 36.2 Å². The molecular weight excluding hydrogens is 412 g/mol. The molecule has 0 saturated carbocycles. The van der Waals surface area contributed by atoms with E-state index >= 15 is 0 Å². The molecule has 0 spiro atoms. The first-order valence-electron chi connectivity index (χ1n) is 10.7. The zero-order chi connectivity index (χ0) is 22.0. The molecule has 4 rings (SSSR count). The maximum absolute atomic E-state index is 12.9. The Morgan fingerprint density at radius 3 is 2.42 bits per heavy atom. The monoisotopic (exact) mass is 440 g/mol. The second-order valence-electron chi connectivity index (χ2n) is 8.45. The molecule has 1 aliphatic heterocycles. The minimum atomic E-state index is -3.54. The van der Waals surface area contributed by atoms with Gasteiger partial charge in [0.05, 0.1) is 16.4 Å². The summed E-state index contributed by atoms with van der Waals surface area (Å²) >= 11 is 0. The fourth-order valence-corrected chi connectivity index (χ4v) is 5.34. The summed E-state index contributed by atoms with van der Waals surface area (Å²) in [6.07, 6.45) is 3.45. The molecule has 0 unspecified atom stereocenters. The molecule has 0 atom stereocenters. The van der Waals surface area contributed by atoms with E-state index in [1.54, 1.807) is 47.4 Å². The van der Waals surface area contributed by atoms with Crippen LogP contribution < -0.4 is 0 Å². The van der Waals surface area contributed by atoms with Crippen LogP contribution in [0, 0.1) is 5.92 Å². The van der Waals surface area contributed by atoms with Crippen LogP contribution in [-0.4, -0.2) is 43.7 Å². The molecular formula is C24H28N2O4S. The standard InChI is InChI=1S/C24H28N2O4S/c1-18(2)17-30-24(27)25-13-11-20(12-14-25)26-15-10-19-16-22(8-9-23(19)26)31(28,29)21-6-4-3-5-7-21/h3-10,15-16,18,20H,11-14,17H2,1-2H3. The molecule has 7 heteroatoms. The van der Waals surface area contributed by atoms with E-state index in [1.165, 1.54) is 0 Å². The summed E-state index contributed by atoms with van der Waals surface area (Å²) in [5.74, 6) is 0.323. The first kappa shape index (κ1) is 21.4. The topological polar surface area (TPSA) is 68.6 Å². The zero-order valence-corrected chi connectivity index (χ0v) is 18.7. The molecule has 1 fully saturated rings. The lowest BCUT2D eigenvalue weighted by atomic mass is 10.1. The third kappa shape index (κ3) is 4.46. The van der Waals surface area contributed by atoms with E-state index < -0.39 is 9.84 Å². The average molecular weight is 441 g/mol. The predicted octanol–water partition coefficient (Wildman–Crippen LogP) is 4.90. The van der Waals surface area contributed by atoms with Crippen molar-refractivity contribution in [3.63, 3.8) is 0 Å². The van der Waals surface area contributed by atoms with Crippen LogP contribution in [0.3, 0.4) is 0 Å². The number of likely N-dealkylation sites (tertiary alicyclic amines) is 1. The molecule has 1 saturated heterocycles. The number of rotatable bonds is 5. The minimum Gasteiger partial charge on any atom is -0.449 e. The quantitative estimate of drug-likeness (QED) is 0.566. The van der Waals surface area contributed by atoms with Gasteiger partial charge in [-0.05, 0) is 55.2 Å². The van der Waals surface area contributed by atoms with Crippen molar-refractivity contribution < 1.29 is 17.9 Å². The summed E-state index contributed by atoms with van der Waals surface area (Å²) in [5.41, 5.74) is 1.01. The number of nitrogens with zero attached hydrogens (tertiary/aromatic N) is 2. The van der Waals surface area contributed by atoms with Crippen molar-refractivity contribution in [2.75, 3.05) is 19.7 Å². The van der Waals surface area contributed by atoms with Gasteiger partial charge in [0.2, 0.25) is 9.84 Å². The maximum Gasteiger partial charge on any atom is 0.409 e. The number of carbonyl (C=O) groups is 1. The number of carbonyl (C=O) groups excluding carboxylic acids is 1. The summed E-state index contributed by atoms with van der Waals surface area (Å²) in [5, 5.41) is 0.899. The molecule has 2 heterocycles. The number of amides is 1. The van der Waals surface area contributed by atoms with E-state index in [1.807, 2.05) is 32.2 Å². The highest BCUT2D eigenvalue weighted by molar-refractivity contribution is 7.91. The molecule has 31 heavy (non-hydrogen) atoms. The van der Waals surface area contributed by atoms with Crippen molar-refractivity contribution in [1.29, 1.82) is 0 Å². The Morgan fingerprint density at radius 2 is 1.74 bits per heavy atom. The lowest BCUT2D eigenvalue weighted by molar-refractivity contribution is 0.0801. The zero-order valence-electron chi connectivity index (χ0n) is 17.9. The first-order valence-corrected chi connectivity index (χ1v) is 12.2. The number of ether oxygens (including phenoxy) is 1. The van der Waals surface area contributed by atoms with Crippen LogP contribution in [0.4, 0.5) is 4.79 Å². The van der Waals surface area contributed by atoms with Crippen LogP contribution in [0.25, 0.3) is 10.9 Å². The van der Waals surface area contributed by atoms with E-state index in [0.29, 0.717) is 35.4 Å². The van der Waals surface area contributed by atoms with E-state index in [0.717, 1.165) is 23.7 Å². The maximum atomic E-state index is 12.9. The second-order valence-corrected chi connectivity index (χ2v) is 10.4. The number of hydrogen-bond donors (Lipinski definition) is 0. The summed E-state index contributed by atoms with van der Waals surface area (Å²) < 4.78 is 33.4. The highest BCUT2D eigenvalue weighted by Crippen LogP contribution is 2.30. The van der Waals surface area contributed by atoms with Crippen LogP contribution in [0.5, 0.6) is 0 Å². The molecule has 164 valence electrons. The lowest BCUT2D eigenvalue weighted by Crippen LogP contribution is -2.39. The second kappa shape index (κ2) is 8.75. The van der Waals surface area contributed by atoms with Gasteiger partial charge < -0.3 is 14.2 Å². The van der Waals surface area contributed by atoms with Crippen LogP contribution in [0.1, 0.15) is 32.7 Å². The van der Waals surface area contributed by atoms with Gasteiger partial charge in [-0.2, -0.15) is 0 Å². The SMILES string of the molecule is CC(C)COC(=O)N1CCC(n2ccc3cc(S(=O)(=O)c4ccccc4)ccc32)CC1. The minimum absolute atomic E-state index is 0.236. The number of piperidine rings is 1. The smallest absolute Gasteiger partial charge is 0.409 e. The Bertz CT molecular complexity index is 1160. The van der Waals surface area contributed by atoms with Gasteiger partial charge >= 0.3 is 6.09 Å². The van der Waals surface area contributed by atoms with E-state index in [-0.39, 0.29) is 12.1 Å². The highest BCUT2D eigenvalue weighted by Gasteiger charge is 2.26. The van der Waals surface area contributed by atoms with Crippen molar-refractivity contribution in [2.24, 2.45) is 5.92 Å². The Morgan fingerprint density at radius 1 is 1.03 bits per heavy atom. The van der Waals surface area contributed by atoms with Crippen molar-refractivity contribution in [1.82, 2.24) is 9.47 Å². The number of benzene rings is 2. The third-order valence-corrected chi connectivity index (χ3v) is 7.48. The van der Waals surface area contributed by atoms with Gasteiger partial charge in [-0.3, -0.25) is 0 Å². The number of fused-ring (bicyclic) bond motifs is 1. The molecule has 3 aromatic rings. The first-order chi connectivity index (χ1) is 14.9. The highest BCUT2D eigenvalue weighted by atomic mass is 32.2. The van der Waals surface area contributed by atoms with E-state index in [2.05, 4.69) is 4.57 Å². The van der Waals surface area contributed by atoms with Gasteiger partial charge in [-0.15, -0.1) is 0 Å². The van der Waals surface area contributed by atoms with Crippen LogP contribution >= 0.6 is 0 Å². The molecule has 1 aliphatic rings. The Labute approximate surface area is 183 Å². The fourth-order valence-electron chi connectivity index (χ4n) is 4.02. The molecule has 6 nitrogen and oxygen atoms in total. The normalized spacial score (nSPS) is 15.5. The Hall–Kier alpha value is -2.80. The van der Waals surface area contributed by atoms with Crippen molar-refractivity contribution in [2.45, 2.75) is 42.5 Å². The average Bonchev–Trinajstić information content (AvgIpc) is 3.21. The van der Waals surface area contributed by atoms with Gasteiger partial charge in [0.1, 0.15) is 0 Å². The molecule has 0 aliphatic carbocycles. The van der Waals surface area contributed by atoms with Crippen LogP contribution in [-0.2, 0) is 14.6 Å². The molecule has 0 N–H and O–H groups in total. The Kier molecular flexibility index (Phi) is 6.05. The fraction of sp³-hybridized carbons (Fsp3) is 0.375. The van der Waals surface area contributed by atoms with Crippen molar-refractivity contribution in [3.8, 4) is 0 Å². The molecule has 1 aromatic heterocycles. The number of hydrogen-bond acceptors (Lipinski definition) is 4. The predicted molar refractivity (Wildman–Crippen MR) is 120 cm³/mol. The Balaban J connectivity index is 1.49. The summed E-state index contributed by atoms with van der Waals surface area (Å²) in [7, 11) is -3.54.